The number of aliphatic hydroxyl groups excluding tert-OH is 2. The monoisotopic (exact) mass is 446 g/mol. The molecule has 1 atom stereocenters. The van der Waals surface area contributed by atoms with Crippen LogP contribution in [-0.4, -0.2) is 72.7 Å². The fourth-order valence-corrected chi connectivity index (χ4v) is 4.13. The molecule has 0 bridgehead atoms. The number of aromatic nitrogens is 4. The summed E-state index contributed by atoms with van der Waals surface area (Å²) in [4.78, 5) is 33.8. The van der Waals surface area contributed by atoms with Crippen LogP contribution in [0.15, 0.2) is 33.9 Å². The number of nitrogens with zero attached hydrogens (tertiary/aromatic N) is 6. The average molecular weight is 446 g/mol. The van der Waals surface area contributed by atoms with Gasteiger partial charge in [0.25, 0.3) is 5.56 Å². The number of fused-ring (bicyclic) bond motifs is 1. The van der Waals surface area contributed by atoms with E-state index in [1.807, 2.05) is 11.0 Å². The summed E-state index contributed by atoms with van der Waals surface area (Å²) in [5, 5.41) is 19.4. The minimum atomic E-state index is -1.08. The van der Waals surface area contributed by atoms with E-state index >= 15 is 0 Å². The van der Waals surface area contributed by atoms with Crippen LogP contribution >= 0.6 is 0 Å². The van der Waals surface area contributed by atoms with Crippen molar-refractivity contribution in [3.05, 3.63) is 56.7 Å². The number of aliphatic hydroxyl groups is 2. The van der Waals surface area contributed by atoms with Crippen LogP contribution in [0.5, 0.6) is 0 Å². The summed E-state index contributed by atoms with van der Waals surface area (Å²) in [6, 6.07) is 6.68. The molecule has 2 aromatic heterocycles. The maximum absolute atomic E-state index is 14.1. The van der Waals surface area contributed by atoms with Gasteiger partial charge in [-0.05, 0) is 12.1 Å². The summed E-state index contributed by atoms with van der Waals surface area (Å²) in [5.74, 6) is 0.266. The minimum absolute atomic E-state index is 0.0228. The molecule has 0 unspecified atom stereocenters. The largest absolute Gasteiger partial charge is 0.394 e. The lowest BCUT2D eigenvalue weighted by atomic mass is 10.2. The van der Waals surface area contributed by atoms with Crippen molar-refractivity contribution in [2.45, 2.75) is 19.2 Å². The summed E-state index contributed by atoms with van der Waals surface area (Å²) in [7, 11) is 2.94. The van der Waals surface area contributed by atoms with Crippen LogP contribution in [0, 0.1) is 5.82 Å². The van der Waals surface area contributed by atoms with Crippen LogP contribution in [0.3, 0.4) is 0 Å². The van der Waals surface area contributed by atoms with Gasteiger partial charge in [-0.25, -0.2) is 14.2 Å². The van der Waals surface area contributed by atoms with E-state index in [-0.39, 0.29) is 23.5 Å². The highest BCUT2D eigenvalue weighted by atomic mass is 19.1. The van der Waals surface area contributed by atoms with Crippen molar-refractivity contribution >= 4 is 16.9 Å². The van der Waals surface area contributed by atoms with Gasteiger partial charge in [0.05, 0.1) is 31.5 Å². The molecule has 32 heavy (non-hydrogen) atoms. The number of para-hydroxylation sites is 1. The van der Waals surface area contributed by atoms with E-state index in [1.165, 1.54) is 17.7 Å². The SMILES string of the molecule is Cn1c(=O)c2c(nc(CN3CCN(c4ccccc4F)CC3)n2C[C@H](O)CO)n(C)c1=O. The quantitative estimate of drug-likeness (QED) is 0.513. The van der Waals surface area contributed by atoms with Gasteiger partial charge in [-0.1, -0.05) is 12.1 Å². The van der Waals surface area contributed by atoms with Crippen molar-refractivity contribution in [3.8, 4) is 0 Å². The highest BCUT2D eigenvalue weighted by Gasteiger charge is 2.24. The van der Waals surface area contributed by atoms with Crippen LogP contribution in [-0.2, 0) is 27.2 Å². The van der Waals surface area contributed by atoms with Crippen molar-refractivity contribution in [3.63, 3.8) is 0 Å². The molecule has 0 radical (unpaired) electrons. The Morgan fingerprint density at radius 2 is 1.78 bits per heavy atom. The summed E-state index contributed by atoms with van der Waals surface area (Å²) in [5.41, 5.74) is 0.0329. The van der Waals surface area contributed by atoms with Gasteiger partial charge in [0, 0.05) is 40.3 Å². The summed E-state index contributed by atoms with van der Waals surface area (Å²) < 4.78 is 18.0. The minimum Gasteiger partial charge on any atom is -0.394 e. The van der Waals surface area contributed by atoms with Crippen LogP contribution in [0.25, 0.3) is 11.2 Å². The molecule has 2 N–H and O–H groups in total. The van der Waals surface area contributed by atoms with Crippen molar-refractivity contribution in [1.82, 2.24) is 23.6 Å². The van der Waals surface area contributed by atoms with Gasteiger partial charge in [-0.15, -0.1) is 0 Å². The number of halogens is 1. The molecule has 1 aliphatic rings. The first-order valence-electron chi connectivity index (χ1n) is 10.5. The van der Waals surface area contributed by atoms with Crippen LogP contribution in [0.2, 0.25) is 0 Å². The molecule has 0 amide bonds. The molecule has 4 rings (SSSR count). The number of hydrogen-bond acceptors (Lipinski definition) is 7. The van der Waals surface area contributed by atoms with Crippen LogP contribution in [0.1, 0.15) is 5.82 Å². The maximum atomic E-state index is 14.1. The van der Waals surface area contributed by atoms with Crippen molar-refractivity contribution < 1.29 is 14.6 Å². The Balaban J connectivity index is 1.63. The number of aryl methyl sites for hydroxylation is 1. The Labute approximate surface area is 183 Å². The predicted octanol–water partition coefficient (Wildman–Crippen LogP) is -0.752. The number of imidazole rings is 1. The third-order valence-corrected chi connectivity index (χ3v) is 5.96. The van der Waals surface area contributed by atoms with Gasteiger partial charge in [0.1, 0.15) is 11.6 Å². The Morgan fingerprint density at radius 1 is 1.09 bits per heavy atom. The first-order chi connectivity index (χ1) is 15.3. The smallest absolute Gasteiger partial charge is 0.332 e. The summed E-state index contributed by atoms with van der Waals surface area (Å²) in [6.45, 7) is 2.45. The zero-order chi connectivity index (χ0) is 23.0. The maximum Gasteiger partial charge on any atom is 0.332 e. The number of hydrogen-bond donors (Lipinski definition) is 2. The standard InChI is InChI=1S/C21H27FN6O4/c1-24-19-18(20(31)25(2)21(24)32)28(11-14(30)13-29)17(23-19)12-26-7-9-27(10-8-26)16-6-4-3-5-15(16)22/h3-6,14,29-30H,7-13H2,1-2H3/t14-/m0/s1. The normalized spacial score (nSPS) is 16.1. The number of anilines is 1. The van der Waals surface area contributed by atoms with Crippen LogP contribution < -0.4 is 16.1 Å². The number of benzene rings is 1. The molecule has 1 fully saturated rings. The highest BCUT2D eigenvalue weighted by Crippen LogP contribution is 2.21. The second kappa shape index (κ2) is 8.85. The molecule has 0 aliphatic carbocycles. The summed E-state index contributed by atoms with van der Waals surface area (Å²) in [6.07, 6.45) is -1.08. The average Bonchev–Trinajstić information content (AvgIpc) is 3.15. The Kier molecular flexibility index (Phi) is 6.13. The Bertz CT molecular complexity index is 1240. The van der Waals surface area contributed by atoms with Gasteiger partial charge in [0.2, 0.25) is 0 Å². The molecular weight excluding hydrogens is 419 g/mol. The topological polar surface area (TPSA) is 109 Å². The highest BCUT2D eigenvalue weighted by molar-refractivity contribution is 5.71. The van der Waals surface area contributed by atoms with Crippen LogP contribution in [0.4, 0.5) is 10.1 Å². The Hall–Kier alpha value is -3.02. The molecule has 3 aromatic rings. The van der Waals surface area contributed by atoms with Crippen molar-refractivity contribution in [2.24, 2.45) is 14.1 Å². The van der Waals surface area contributed by atoms with Gasteiger partial charge in [-0.2, -0.15) is 0 Å². The predicted molar refractivity (Wildman–Crippen MR) is 117 cm³/mol. The van der Waals surface area contributed by atoms with E-state index < -0.39 is 24.0 Å². The number of piperazine rings is 1. The molecule has 3 heterocycles. The van der Waals surface area contributed by atoms with E-state index in [9.17, 15) is 24.2 Å². The molecule has 11 heteroatoms. The zero-order valence-electron chi connectivity index (χ0n) is 18.1. The first kappa shape index (κ1) is 22.2. The molecule has 10 nitrogen and oxygen atoms in total. The fourth-order valence-electron chi connectivity index (χ4n) is 4.13. The molecular formula is C21H27FN6O4. The molecule has 1 saturated heterocycles. The van der Waals surface area contributed by atoms with E-state index in [0.717, 1.165) is 4.57 Å². The van der Waals surface area contributed by atoms with E-state index in [1.54, 1.807) is 23.7 Å². The van der Waals surface area contributed by atoms with E-state index in [4.69, 9.17) is 0 Å². The van der Waals surface area contributed by atoms with Gasteiger partial charge >= 0.3 is 5.69 Å². The molecule has 0 spiro atoms. The lowest BCUT2D eigenvalue weighted by molar-refractivity contribution is 0.0806. The van der Waals surface area contributed by atoms with Gasteiger partial charge in [-0.3, -0.25) is 18.8 Å². The molecule has 172 valence electrons. The van der Waals surface area contributed by atoms with Crippen molar-refractivity contribution in [1.29, 1.82) is 0 Å². The van der Waals surface area contributed by atoms with Crippen molar-refractivity contribution in [2.75, 3.05) is 37.7 Å². The van der Waals surface area contributed by atoms with E-state index in [2.05, 4.69) is 9.88 Å². The molecule has 1 aliphatic heterocycles. The molecule has 1 aromatic carbocycles. The summed E-state index contributed by atoms with van der Waals surface area (Å²) >= 11 is 0. The lowest BCUT2D eigenvalue weighted by Crippen LogP contribution is -2.46. The van der Waals surface area contributed by atoms with E-state index in [0.29, 0.717) is 44.2 Å². The van der Waals surface area contributed by atoms with Gasteiger partial charge in [0.15, 0.2) is 11.2 Å². The Morgan fingerprint density at radius 3 is 2.44 bits per heavy atom. The third-order valence-electron chi connectivity index (χ3n) is 5.96. The zero-order valence-corrected chi connectivity index (χ0v) is 18.1. The second-order valence-corrected chi connectivity index (χ2v) is 8.07. The third kappa shape index (κ3) is 3.94. The molecule has 0 saturated carbocycles. The fraction of sp³-hybridized carbons (Fsp3) is 0.476. The lowest BCUT2D eigenvalue weighted by Gasteiger charge is -2.36. The number of rotatable bonds is 6. The second-order valence-electron chi connectivity index (χ2n) is 8.07. The first-order valence-corrected chi connectivity index (χ1v) is 10.5. The van der Waals surface area contributed by atoms with Gasteiger partial charge < -0.3 is 19.7 Å².